The van der Waals surface area contributed by atoms with Gasteiger partial charge in [-0.3, -0.25) is 9.36 Å². The first-order valence-electron chi connectivity index (χ1n) is 5.00. The van der Waals surface area contributed by atoms with Gasteiger partial charge in [-0.15, -0.1) is 0 Å². The Kier molecular flexibility index (Phi) is 4.69. The summed E-state index contributed by atoms with van der Waals surface area (Å²) in [6.07, 6.45) is 12.7. The van der Waals surface area contributed by atoms with E-state index >= 15 is 0 Å². The maximum atomic E-state index is 11.4. The molecule has 3 nitrogen and oxygen atoms in total. The number of carbonyl (C=O) groups is 1. The average molecular weight is 192 g/mol. The number of imidazole rings is 1. The molecule has 0 N–H and O–H groups in total. The zero-order valence-electron chi connectivity index (χ0n) is 8.52. The normalized spacial score (nSPS) is 10.9. The predicted molar refractivity (Wildman–Crippen MR) is 56.1 cm³/mol. The molecule has 0 unspecified atom stereocenters. The van der Waals surface area contributed by atoms with E-state index < -0.39 is 0 Å². The molecule has 0 aliphatic carbocycles. The van der Waals surface area contributed by atoms with E-state index in [1.807, 2.05) is 6.08 Å². The van der Waals surface area contributed by atoms with Crippen LogP contribution in [0.2, 0.25) is 0 Å². The van der Waals surface area contributed by atoms with Crippen molar-refractivity contribution in [2.75, 3.05) is 0 Å². The number of allylic oxidation sites excluding steroid dienone is 2. The van der Waals surface area contributed by atoms with Crippen molar-refractivity contribution in [2.24, 2.45) is 0 Å². The third-order valence-electron chi connectivity index (χ3n) is 1.98. The molecule has 0 atom stereocenters. The fraction of sp³-hybridized carbons (Fsp3) is 0.455. The van der Waals surface area contributed by atoms with Crippen LogP contribution in [0.4, 0.5) is 0 Å². The van der Waals surface area contributed by atoms with E-state index in [2.05, 4.69) is 18.0 Å². The van der Waals surface area contributed by atoms with E-state index in [0.29, 0.717) is 6.42 Å². The van der Waals surface area contributed by atoms with Crippen LogP contribution in [0.25, 0.3) is 0 Å². The van der Waals surface area contributed by atoms with E-state index in [1.54, 1.807) is 12.4 Å². The Morgan fingerprint density at radius 2 is 2.36 bits per heavy atom. The quantitative estimate of drug-likeness (QED) is 0.531. The summed E-state index contributed by atoms with van der Waals surface area (Å²) in [5, 5.41) is 0. The van der Waals surface area contributed by atoms with Gasteiger partial charge in [0, 0.05) is 18.8 Å². The summed E-state index contributed by atoms with van der Waals surface area (Å²) in [5.74, 6) is 0.0650. The van der Waals surface area contributed by atoms with Crippen molar-refractivity contribution in [1.82, 2.24) is 9.55 Å². The van der Waals surface area contributed by atoms with E-state index in [1.165, 1.54) is 23.7 Å². The highest BCUT2D eigenvalue weighted by Gasteiger charge is 1.99. The minimum atomic E-state index is 0.0650. The lowest BCUT2D eigenvalue weighted by atomic mass is 10.2. The van der Waals surface area contributed by atoms with E-state index in [4.69, 9.17) is 0 Å². The Labute approximate surface area is 84.5 Å². The molecule has 0 fully saturated rings. The van der Waals surface area contributed by atoms with Gasteiger partial charge in [-0.25, -0.2) is 4.98 Å². The second-order valence-corrected chi connectivity index (χ2v) is 3.18. The van der Waals surface area contributed by atoms with Crippen LogP contribution in [-0.4, -0.2) is 15.5 Å². The average Bonchev–Trinajstić information content (AvgIpc) is 2.70. The van der Waals surface area contributed by atoms with Crippen molar-refractivity contribution in [3.8, 4) is 0 Å². The molecular formula is C11H16N2O. The number of rotatable bonds is 5. The number of unbranched alkanes of at least 4 members (excludes halogenated alkanes) is 2. The predicted octanol–water partition coefficient (Wildman–Crippen LogP) is 2.66. The number of aromatic nitrogens is 2. The summed E-state index contributed by atoms with van der Waals surface area (Å²) in [4.78, 5) is 15.2. The van der Waals surface area contributed by atoms with Crippen LogP contribution in [0.1, 0.15) is 37.4 Å². The standard InChI is InChI=1S/C11H16N2O/c1-2-3-4-5-6-7-11(14)13-9-8-12-10-13/h5-6,8-10H,2-4,7H2,1H3/b6-5-. The van der Waals surface area contributed by atoms with Crippen LogP contribution in [0.15, 0.2) is 30.9 Å². The Hall–Kier alpha value is -1.38. The van der Waals surface area contributed by atoms with E-state index in [0.717, 1.165) is 6.42 Å². The molecule has 0 saturated carbocycles. The van der Waals surface area contributed by atoms with Crippen LogP contribution in [0.5, 0.6) is 0 Å². The smallest absolute Gasteiger partial charge is 0.235 e. The van der Waals surface area contributed by atoms with Gasteiger partial charge < -0.3 is 0 Å². The molecule has 0 radical (unpaired) electrons. The summed E-state index contributed by atoms with van der Waals surface area (Å²) in [6, 6.07) is 0. The van der Waals surface area contributed by atoms with E-state index in [-0.39, 0.29) is 5.91 Å². The van der Waals surface area contributed by atoms with Gasteiger partial charge in [0.15, 0.2) is 0 Å². The lowest BCUT2D eigenvalue weighted by molar-refractivity contribution is 0.0917. The largest absolute Gasteiger partial charge is 0.276 e. The van der Waals surface area contributed by atoms with Gasteiger partial charge in [-0.1, -0.05) is 31.9 Å². The molecule has 0 aromatic carbocycles. The van der Waals surface area contributed by atoms with Gasteiger partial charge in [0.05, 0.1) is 0 Å². The van der Waals surface area contributed by atoms with Gasteiger partial charge in [-0.05, 0) is 6.42 Å². The molecule has 0 spiro atoms. The van der Waals surface area contributed by atoms with Crippen LogP contribution >= 0.6 is 0 Å². The van der Waals surface area contributed by atoms with Crippen molar-refractivity contribution in [3.63, 3.8) is 0 Å². The maximum Gasteiger partial charge on any atom is 0.235 e. The highest BCUT2D eigenvalue weighted by molar-refractivity contribution is 5.79. The summed E-state index contributed by atoms with van der Waals surface area (Å²) in [6.45, 7) is 2.16. The van der Waals surface area contributed by atoms with Crippen molar-refractivity contribution < 1.29 is 4.79 Å². The molecule has 1 aromatic rings. The third kappa shape index (κ3) is 3.56. The van der Waals surface area contributed by atoms with Gasteiger partial charge in [-0.2, -0.15) is 0 Å². The third-order valence-corrected chi connectivity index (χ3v) is 1.98. The summed E-state index contributed by atoms with van der Waals surface area (Å²) in [5.41, 5.74) is 0. The topological polar surface area (TPSA) is 34.9 Å². The Morgan fingerprint density at radius 3 is 3.00 bits per heavy atom. The van der Waals surface area contributed by atoms with E-state index in [9.17, 15) is 4.79 Å². The summed E-state index contributed by atoms with van der Waals surface area (Å²) >= 11 is 0. The molecule has 0 saturated heterocycles. The first-order chi connectivity index (χ1) is 6.84. The minimum absolute atomic E-state index is 0.0650. The SMILES string of the molecule is CCCC/C=C\CC(=O)n1ccnc1. The second-order valence-electron chi connectivity index (χ2n) is 3.18. The molecule has 0 bridgehead atoms. The number of hydrogen-bond donors (Lipinski definition) is 0. The lowest BCUT2D eigenvalue weighted by Gasteiger charge is -1.95. The second kappa shape index (κ2) is 6.13. The van der Waals surface area contributed by atoms with Crippen molar-refractivity contribution in [3.05, 3.63) is 30.9 Å². The fourth-order valence-corrected chi connectivity index (χ4v) is 1.14. The number of nitrogens with zero attached hydrogens (tertiary/aromatic N) is 2. The van der Waals surface area contributed by atoms with Crippen molar-refractivity contribution in [2.45, 2.75) is 32.6 Å². The van der Waals surface area contributed by atoms with Crippen molar-refractivity contribution in [1.29, 1.82) is 0 Å². The van der Waals surface area contributed by atoms with Crippen LogP contribution in [0, 0.1) is 0 Å². The van der Waals surface area contributed by atoms with Gasteiger partial charge in [0.1, 0.15) is 6.33 Å². The molecule has 0 aliphatic heterocycles. The molecule has 0 amide bonds. The zero-order chi connectivity index (χ0) is 10.2. The highest BCUT2D eigenvalue weighted by Crippen LogP contribution is 1.98. The molecule has 1 aromatic heterocycles. The molecule has 1 heterocycles. The molecule has 76 valence electrons. The number of hydrogen-bond acceptors (Lipinski definition) is 2. The maximum absolute atomic E-state index is 11.4. The fourth-order valence-electron chi connectivity index (χ4n) is 1.14. The van der Waals surface area contributed by atoms with Crippen LogP contribution in [0.3, 0.4) is 0 Å². The molecule has 14 heavy (non-hydrogen) atoms. The first-order valence-corrected chi connectivity index (χ1v) is 5.00. The summed E-state index contributed by atoms with van der Waals surface area (Å²) < 4.78 is 1.50. The molecule has 3 heteroatoms. The Balaban J connectivity index is 2.25. The van der Waals surface area contributed by atoms with Gasteiger partial charge in [0.2, 0.25) is 5.91 Å². The molecule has 0 aliphatic rings. The van der Waals surface area contributed by atoms with Gasteiger partial charge in [0.25, 0.3) is 0 Å². The Morgan fingerprint density at radius 1 is 1.50 bits per heavy atom. The molecule has 1 rings (SSSR count). The summed E-state index contributed by atoms with van der Waals surface area (Å²) in [7, 11) is 0. The van der Waals surface area contributed by atoms with Crippen molar-refractivity contribution >= 4 is 5.91 Å². The van der Waals surface area contributed by atoms with Crippen LogP contribution < -0.4 is 0 Å². The van der Waals surface area contributed by atoms with Crippen LogP contribution in [-0.2, 0) is 0 Å². The highest BCUT2D eigenvalue weighted by atomic mass is 16.2. The minimum Gasteiger partial charge on any atom is -0.276 e. The first kappa shape index (κ1) is 10.7. The zero-order valence-corrected chi connectivity index (χ0v) is 8.52. The van der Waals surface area contributed by atoms with Gasteiger partial charge >= 0.3 is 0 Å². The molecular weight excluding hydrogens is 176 g/mol. The Bertz CT molecular complexity index is 288. The number of carbonyl (C=O) groups excluding carboxylic acids is 1. The monoisotopic (exact) mass is 192 g/mol. The lowest BCUT2D eigenvalue weighted by Crippen LogP contribution is -2.05.